The molecule has 4 nitrogen and oxygen atoms in total. The van der Waals surface area contributed by atoms with Gasteiger partial charge in [0.15, 0.2) is 0 Å². The minimum atomic E-state index is -0.226. The Bertz CT molecular complexity index is 551. The molecule has 5 heteroatoms. The number of nitrogens with one attached hydrogen (secondary N) is 1. The summed E-state index contributed by atoms with van der Waals surface area (Å²) in [6, 6.07) is 7.95. The van der Waals surface area contributed by atoms with Crippen molar-refractivity contribution >= 4 is 21.9 Å². The number of esters is 1. The Morgan fingerprint density at radius 2 is 2.33 bits per heavy atom. The normalized spacial score (nSPS) is 10.3. The molecule has 0 saturated carbocycles. The number of benzene rings is 1. The first-order valence-corrected chi connectivity index (χ1v) is 6.35. The maximum Gasteiger partial charge on any atom is 0.305 e. The quantitative estimate of drug-likeness (QED) is 0.884. The number of methoxy groups -OCH3 is 1. The molecule has 0 saturated heterocycles. The Morgan fingerprint density at radius 3 is 3.06 bits per heavy atom. The molecule has 0 bridgehead atoms. The summed E-state index contributed by atoms with van der Waals surface area (Å²) in [5.41, 5.74) is 2.00. The first-order chi connectivity index (χ1) is 8.69. The molecule has 2 rings (SSSR count). The number of halogens is 1. The van der Waals surface area contributed by atoms with Crippen LogP contribution in [0.2, 0.25) is 0 Å². The van der Waals surface area contributed by atoms with Crippen molar-refractivity contribution in [3.63, 3.8) is 0 Å². The number of H-pyrrole nitrogens is 1. The lowest BCUT2D eigenvalue weighted by atomic mass is 10.2. The third-order valence-electron chi connectivity index (χ3n) is 2.56. The summed E-state index contributed by atoms with van der Waals surface area (Å²) in [6.45, 7) is 0. The van der Waals surface area contributed by atoms with Crippen LogP contribution in [0.3, 0.4) is 0 Å². The molecule has 2 aromatic rings. The third-order valence-corrected chi connectivity index (χ3v) is 3.05. The summed E-state index contributed by atoms with van der Waals surface area (Å²) in [6.07, 6.45) is 2.66. The molecular formula is C13H13BrN2O2. The SMILES string of the molecule is COC(=O)CCc1ncc(-c2cccc(Br)c2)[nH]1. The fourth-order valence-corrected chi connectivity index (χ4v) is 2.01. The van der Waals surface area contributed by atoms with E-state index in [0.29, 0.717) is 12.8 Å². The topological polar surface area (TPSA) is 55.0 Å². The standard InChI is InChI=1S/C13H13BrN2O2/c1-18-13(17)6-5-12-15-8-11(16-12)9-3-2-4-10(14)7-9/h2-4,7-8H,5-6H2,1H3,(H,15,16). The van der Waals surface area contributed by atoms with Crippen molar-refractivity contribution < 1.29 is 9.53 Å². The highest BCUT2D eigenvalue weighted by atomic mass is 79.9. The number of hydrogen-bond donors (Lipinski definition) is 1. The lowest BCUT2D eigenvalue weighted by molar-refractivity contribution is -0.140. The number of aryl methyl sites for hydroxylation is 1. The van der Waals surface area contributed by atoms with Crippen LogP contribution >= 0.6 is 15.9 Å². The second-order valence-corrected chi connectivity index (χ2v) is 4.75. The molecule has 0 aliphatic rings. The molecule has 1 aromatic carbocycles. The molecule has 94 valence electrons. The zero-order valence-electron chi connectivity index (χ0n) is 9.94. The highest BCUT2D eigenvalue weighted by molar-refractivity contribution is 9.10. The summed E-state index contributed by atoms with van der Waals surface area (Å²) >= 11 is 3.43. The molecule has 0 aliphatic heterocycles. The van der Waals surface area contributed by atoms with Crippen LogP contribution < -0.4 is 0 Å². The number of ether oxygens (including phenoxy) is 1. The van der Waals surface area contributed by atoms with Crippen molar-refractivity contribution in [3.8, 4) is 11.3 Å². The smallest absolute Gasteiger partial charge is 0.305 e. The summed E-state index contributed by atoms with van der Waals surface area (Å²) < 4.78 is 5.61. The van der Waals surface area contributed by atoms with Gasteiger partial charge in [-0.2, -0.15) is 0 Å². The van der Waals surface area contributed by atoms with Crippen molar-refractivity contribution in [2.45, 2.75) is 12.8 Å². The highest BCUT2D eigenvalue weighted by Crippen LogP contribution is 2.21. The molecule has 0 atom stereocenters. The van der Waals surface area contributed by atoms with Gasteiger partial charge in [-0.15, -0.1) is 0 Å². The molecule has 0 aliphatic carbocycles. The largest absolute Gasteiger partial charge is 0.469 e. The molecule has 1 aromatic heterocycles. The molecule has 0 radical (unpaired) electrons. The van der Waals surface area contributed by atoms with Crippen molar-refractivity contribution in [2.75, 3.05) is 7.11 Å². The van der Waals surface area contributed by atoms with Gasteiger partial charge in [0.25, 0.3) is 0 Å². The number of carbonyl (C=O) groups excluding carboxylic acids is 1. The fourth-order valence-electron chi connectivity index (χ4n) is 1.61. The second-order valence-electron chi connectivity index (χ2n) is 3.83. The highest BCUT2D eigenvalue weighted by Gasteiger charge is 2.06. The lowest BCUT2D eigenvalue weighted by Gasteiger charge is -1.98. The van der Waals surface area contributed by atoms with Crippen LogP contribution in [0.25, 0.3) is 11.3 Å². The van der Waals surface area contributed by atoms with Gasteiger partial charge in [0, 0.05) is 16.5 Å². The summed E-state index contributed by atoms with van der Waals surface area (Å²) in [5.74, 6) is 0.561. The van der Waals surface area contributed by atoms with E-state index in [1.54, 1.807) is 6.20 Å². The van der Waals surface area contributed by atoms with E-state index in [9.17, 15) is 4.79 Å². The van der Waals surface area contributed by atoms with E-state index in [2.05, 4.69) is 30.6 Å². The molecule has 0 unspecified atom stereocenters. The van der Waals surface area contributed by atoms with Gasteiger partial charge in [-0.05, 0) is 12.1 Å². The van der Waals surface area contributed by atoms with Crippen molar-refractivity contribution in [2.24, 2.45) is 0 Å². The van der Waals surface area contributed by atoms with Gasteiger partial charge in [0.05, 0.1) is 25.4 Å². The number of hydrogen-bond acceptors (Lipinski definition) is 3. The number of imidazole rings is 1. The summed E-state index contributed by atoms with van der Waals surface area (Å²) in [4.78, 5) is 18.5. The van der Waals surface area contributed by atoms with Crippen LogP contribution in [0.15, 0.2) is 34.9 Å². The van der Waals surface area contributed by atoms with Crippen LogP contribution in [0.4, 0.5) is 0 Å². The van der Waals surface area contributed by atoms with Gasteiger partial charge in [-0.3, -0.25) is 4.79 Å². The molecule has 18 heavy (non-hydrogen) atoms. The number of aromatic nitrogens is 2. The van der Waals surface area contributed by atoms with Crippen molar-refractivity contribution in [3.05, 3.63) is 40.8 Å². The van der Waals surface area contributed by atoms with E-state index in [1.165, 1.54) is 7.11 Å². The van der Waals surface area contributed by atoms with Gasteiger partial charge in [0.1, 0.15) is 5.82 Å². The first-order valence-electron chi connectivity index (χ1n) is 5.55. The number of carbonyl (C=O) groups is 1. The number of rotatable bonds is 4. The number of nitrogens with zero attached hydrogens (tertiary/aromatic N) is 1. The average Bonchev–Trinajstić information content (AvgIpc) is 2.84. The Labute approximate surface area is 114 Å². The summed E-state index contributed by atoms with van der Waals surface area (Å²) in [5, 5.41) is 0. The second kappa shape index (κ2) is 5.82. The third kappa shape index (κ3) is 3.20. The lowest BCUT2D eigenvalue weighted by Crippen LogP contribution is -2.02. The Balaban J connectivity index is 2.08. The van der Waals surface area contributed by atoms with Crippen molar-refractivity contribution in [1.82, 2.24) is 9.97 Å². The minimum Gasteiger partial charge on any atom is -0.469 e. The maximum atomic E-state index is 11.0. The average molecular weight is 309 g/mol. The molecular weight excluding hydrogens is 296 g/mol. The van der Waals surface area contributed by atoms with E-state index in [1.807, 2.05) is 24.3 Å². The minimum absolute atomic E-state index is 0.226. The molecule has 1 N–H and O–H groups in total. The van der Waals surface area contributed by atoms with Crippen LogP contribution in [0.5, 0.6) is 0 Å². The van der Waals surface area contributed by atoms with Crippen LogP contribution in [0, 0.1) is 0 Å². The van der Waals surface area contributed by atoms with E-state index >= 15 is 0 Å². The van der Waals surface area contributed by atoms with Crippen molar-refractivity contribution in [1.29, 1.82) is 0 Å². The molecule has 1 heterocycles. The molecule has 0 fully saturated rings. The Hall–Kier alpha value is -1.62. The Morgan fingerprint density at radius 1 is 1.50 bits per heavy atom. The van der Waals surface area contributed by atoms with E-state index in [0.717, 1.165) is 21.6 Å². The molecule has 0 spiro atoms. The summed E-state index contributed by atoms with van der Waals surface area (Å²) in [7, 11) is 1.39. The van der Waals surface area contributed by atoms with Crippen LogP contribution in [-0.2, 0) is 16.0 Å². The predicted molar refractivity (Wildman–Crippen MR) is 72.1 cm³/mol. The van der Waals surface area contributed by atoms with E-state index in [4.69, 9.17) is 0 Å². The first kappa shape index (κ1) is 12.8. The van der Waals surface area contributed by atoms with E-state index < -0.39 is 0 Å². The van der Waals surface area contributed by atoms with Gasteiger partial charge in [-0.1, -0.05) is 28.1 Å². The van der Waals surface area contributed by atoms with Gasteiger partial charge in [0.2, 0.25) is 0 Å². The number of aromatic amines is 1. The van der Waals surface area contributed by atoms with Crippen LogP contribution in [-0.4, -0.2) is 23.0 Å². The monoisotopic (exact) mass is 308 g/mol. The fraction of sp³-hybridized carbons (Fsp3) is 0.231. The van der Waals surface area contributed by atoms with Gasteiger partial charge >= 0.3 is 5.97 Å². The maximum absolute atomic E-state index is 11.0. The zero-order valence-corrected chi connectivity index (χ0v) is 11.5. The van der Waals surface area contributed by atoms with Gasteiger partial charge < -0.3 is 9.72 Å². The van der Waals surface area contributed by atoms with Gasteiger partial charge in [-0.25, -0.2) is 4.98 Å². The zero-order chi connectivity index (χ0) is 13.0. The Kier molecular flexibility index (Phi) is 4.15. The predicted octanol–water partition coefficient (Wildman–Crippen LogP) is 2.94. The van der Waals surface area contributed by atoms with Crippen LogP contribution in [0.1, 0.15) is 12.2 Å². The molecule has 0 amide bonds. The van der Waals surface area contributed by atoms with E-state index in [-0.39, 0.29) is 5.97 Å².